The number of hydrogen-bond acceptors (Lipinski definition) is 6. The fraction of sp³-hybridized carbons (Fsp3) is 0.115. The first kappa shape index (κ1) is 22.7. The van der Waals surface area contributed by atoms with Crippen molar-refractivity contribution in [1.82, 2.24) is 15.2 Å². The average Bonchev–Trinajstić information content (AvgIpc) is 3.54. The predicted octanol–water partition coefficient (Wildman–Crippen LogP) is 5.69. The van der Waals surface area contributed by atoms with Crippen molar-refractivity contribution in [2.75, 3.05) is 17.8 Å². The van der Waals surface area contributed by atoms with E-state index < -0.39 is 0 Å². The number of ether oxygens (including phenoxy) is 1. The third-order valence-electron chi connectivity index (χ3n) is 5.48. The van der Waals surface area contributed by atoms with Crippen molar-refractivity contribution in [2.24, 2.45) is 0 Å². The zero-order valence-corrected chi connectivity index (χ0v) is 19.6. The van der Waals surface area contributed by atoms with Gasteiger partial charge in [0.15, 0.2) is 0 Å². The van der Waals surface area contributed by atoms with Gasteiger partial charge in [0, 0.05) is 22.8 Å². The highest BCUT2D eigenvalue weighted by Gasteiger charge is 2.19. The lowest BCUT2D eigenvalue weighted by Gasteiger charge is -2.23. The minimum atomic E-state index is -0.365. The number of H-pyrrole nitrogens is 1. The first-order valence-corrected chi connectivity index (χ1v) is 11.8. The van der Waals surface area contributed by atoms with E-state index in [-0.39, 0.29) is 17.5 Å². The second-order valence-corrected chi connectivity index (χ2v) is 8.64. The molecule has 9 heteroatoms. The smallest absolute Gasteiger partial charge is 0.277 e. The predicted molar refractivity (Wildman–Crippen MR) is 133 cm³/mol. The molecule has 1 amide bonds. The van der Waals surface area contributed by atoms with E-state index in [1.165, 1.54) is 12.1 Å². The van der Waals surface area contributed by atoms with Crippen LogP contribution in [0, 0.1) is 5.82 Å². The first-order chi connectivity index (χ1) is 17.1. The van der Waals surface area contributed by atoms with E-state index in [2.05, 4.69) is 15.2 Å². The van der Waals surface area contributed by atoms with Gasteiger partial charge in [-0.3, -0.25) is 4.79 Å². The number of aromatic nitrogens is 3. The molecule has 1 N–H and O–H groups in total. The molecule has 5 aromatic rings. The number of anilines is 1. The van der Waals surface area contributed by atoms with Gasteiger partial charge >= 0.3 is 0 Å². The molecular formula is C26H21FN4O3S. The summed E-state index contributed by atoms with van der Waals surface area (Å²) in [6.07, 6.45) is 1.82. The molecular weight excluding hydrogens is 467 g/mol. The molecule has 35 heavy (non-hydrogen) atoms. The highest BCUT2D eigenvalue weighted by Crippen LogP contribution is 2.30. The molecule has 0 fully saturated rings. The number of nitrogens with one attached hydrogen (secondary N) is 1. The van der Waals surface area contributed by atoms with Gasteiger partial charge in [0.1, 0.15) is 11.6 Å². The Labute approximate surface area is 204 Å². The van der Waals surface area contributed by atoms with Crippen LogP contribution in [0.5, 0.6) is 5.75 Å². The highest BCUT2D eigenvalue weighted by molar-refractivity contribution is 7.99. The molecule has 0 saturated carbocycles. The number of thioether (sulfide) groups is 1. The maximum atomic E-state index is 13.5. The minimum Gasteiger partial charge on any atom is -0.497 e. The molecule has 0 aliphatic carbocycles. The van der Waals surface area contributed by atoms with Crippen LogP contribution in [-0.4, -0.2) is 34.0 Å². The van der Waals surface area contributed by atoms with E-state index in [0.29, 0.717) is 23.3 Å². The summed E-state index contributed by atoms with van der Waals surface area (Å²) in [6, 6.07) is 21.1. The number of carbonyl (C=O) groups excluding carboxylic acids is 1. The average molecular weight is 489 g/mol. The van der Waals surface area contributed by atoms with Crippen LogP contribution >= 0.6 is 11.8 Å². The lowest BCUT2D eigenvalue weighted by atomic mass is 10.2. The van der Waals surface area contributed by atoms with E-state index in [1.807, 2.05) is 54.7 Å². The number of amides is 1. The number of benzene rings is 3. The number of para-hydroxylation sites is 1. The summed E-state index contributed by atoms with van der Waals surface area (Å²) in [4.78, 5) is 18.0. The Morgan fingerprint density at radius 1 is 1.06 bits per heavy atom. The Balaban J connectivity index is 1.32. The summed E-state index contributed by atoms with van der Waals surface area (Å²) in [6.45, 7) is 0.319. The van der Waals surface area contributed by atoms with Crippen LogP contribution in [0.15, 0.2) is 88.6 Å². The summed E-state index contributed by atoms with van der Waals surface area (Å²) in [5, 5.41) is 9.51. The van der Waals surface area contributed by atoms with E-state index in [4.69, 9.17) is 9.15 Å². The minimum absolute atomic E-state index is 0.0725. The normalized spacial score (nSPS) is 11.0. The molecule has 0 radical (unpaired) electrons. The second kappa shape index (κ2) is 10.0. The number of fused-ring (bicyclic) bond motifs is 1. The van der Waals surface area contributed by atoms with Crippen molar-refractivity contribution in [2.45, 2.75) is 11.8 Å². The highest BCUT2D eigenvalue weighted by atomic mass is 32.2. The number of carbonyl (C=O) groups is 1. The molecule has 0 saturated heterocycles. The standard InChI is InChI=1S/C26H21FN4O3S/c1-33-20-12-6-17(7-13-20)15-31(19-10-8-18(27)9-11-19)24(32)16-35-26-30-29-25(34-26)22-14-28-23-5-3-2-4-21(22)23/h2-14,28H,15-16H2,1H3. The zero-order chi connectivity index (χ0) is 24.2. The van der Waals surface area contributed by atoms with Gasteiger partial charge in [-0.15, -0.1) is 10.2 Å². The summed E-state index contributed by atoms with van der Waals surface area (Å²) >= 11 is 1.16. The fourth-order valence-electron chi connectivity index (χ4n) is 3.68. The molecule has 2 aromatic heterocycles. The number of methoxy groups -OCH3 is 1. The van der Waals surface area contributed by atoms with Crippen LogP contribution in [-0.2, 0) is 11.3 Å². The number of aromatic amines is 1. The van der Waals surface area contributed by atoms with Gasteiger partial charge in [0.05, 0.1) is 25.0 Å². The molecule has 7 nitrogen and oxygen atoms in total. The van der Waals surface area contributed by atoms with E-state index in [0.717, 1.165) is 39.5 Å². The number of nitrogens with zero attached hydrogens (tertiary/aromatic N) is 3. The van der Waals surface area contributed by atoms with Crippen molar-refractivity contribution in [3.63, 3.8) is 0 Å². The number of halogens is 1. The van der Waals surface area contributed by atoms with Gasteiger partial charge < -0.3 is 19.0 Å². The lowest BCUT2D eigenvalue weighted by molar-refractivity contribution is -0.116. The molecule has 0 unspecified atom stereocenters. The van der Waals surface area contributed by atoms with Crippen LogP contribution in [0.4, 0.5) is 10.1 Å². The molecule has 0 aliphatic heterocycles. The Hall–Kier alpha value is -4.11. The summed E-state index contributed by atoms with van der Waals surface area (Å²) in [7, 11) is 1.60. The van der Waals surface area contributed by atoms with Gasteiger partial charge in [0.2, 0.25) is 5.91 Å². The number of rotatable bonds is 8. The molecule has 176 valence electrons. The van der Waals surface area contributed by atoms with E-state index in [9.17, 15) is 9.18 Å². The SMILES string of the molecule is COc1ccc(CN(C(=O)CSc2nnc(-c3c[nH]c4ccccc34)o2)c2ccc(F)cc2)cc1. The van der Waals surface area contributed by atoms with Crippen LogP contribution in [0.1, 0.15) is 5.56 Å². The van der Waals surface area contributed by atoms with Crippen LogP contribution in [0.2, 0.25) is 0 Å². The van der Waals surface area contributed by atoms with Crippen molar-refractivity contribution < 1.29 is 18.3 Å². The maximum Gasteiger partial charge on any atom is 0.277 e. The van der Waals surface area contributed by atoms with Crippen molar-refractivity contribution >= 4 is 34.3 Å². The molecule has 0 aliphatic rings. The van der Waals surface area contributed by atoms with Crippen LogP contribution < -0.4 is 9.64 Å². The van der Waals surface area contributed by atoms with Crippen molar-refractivity contribution in [1.29, 1.82) is 0 Å². The van der Waals surface area contributed by atoms with Crippen LogP contribution in [0.25, 0.3) is 22.4 Å². The van der Waals surface area contributed by atoms with Gasteiger partial charge in [-0.1, -0.05) is 42.1 Å². The fourth-order valence-corrected chi connectivity index (χ4v) is 4.32. The first-order valence-electron chi connectivity index (χ1n) is 10.8. The molecule has 2 heterocycles. The largest absolute Gasteiger partial charge is 0.497 e. The zero-order valence-electron chi connectivity index (χ0n) is 18.8. The maximum absolute atomic E-state index is 13.5. The lowest BCUT2D eigenvalue weighted by Crippen LogP contribution is -2.31. The Kier molecular flexibility index (Phi) is 6.49. The molecule has 0 atom stereocenters. The Bertz CT molecular complexity index is 1450. The molecule has 0 bridgehead atoms. The van der Waals surface area contributed by atoms with Crippen molar-refractivity contribution in [3.8, 4) is 17.2 Å². The monoisotopic (exact) mass is 488 g/mol. The Morgan fingerprint density at radius 3 is 2.60 bits per heavy atom. The van der Waals surface area contributed by atoms with Gasteiger partial charge in [-0.05, 0) is 48.0 Å². The Morgan fingerprint density at radius 2 is 1.83 bits per heavy atom. The van der Waals surface area contributed by atoms with E-state index in [1.54, 1.807) is 24.1 Å². The summed E-state index contributed by atoms with van der Waals surface area (Å²) < 4.78 is 24.5. The topological polar surface area (TPSA) is 84.2 Å². The molecule has 5 rings (SSSR count). The third kappa shape index (κ3) is 5.04. The number of hydrogen-bond donors (Lipinski definition) is 1. The summed E-state index contributed by atoms with van der Waals surface area (Å²) in [5.41, 5.74) is 3.28. The molecule has 0 spiro atoms. The second-order valence-electron chi connectivity index (χ2n) is 7.71. The van der Waals surface area contributed by atoms with Gasteiger partial charge in [-0.2, -0.15) is 0 Å². The molecule has 3 aromatic carbocycles. The van der Waals surface area contributed by atoms with Gasteiger partial charge in [0.25, 0.3) is 11.1 Å². The van der Waals surface area contributed by atoms with Gasteiger partial charge in [-0.25, -0.2) is 4.39 Å². The summed E-state index contributed by atoms with van der Waals surface area (Å²) in [5.74, 6) is 0.639. The van der Waals surface area contributed by atoms with Crippen molar-refractivity contribution in [3.05, 3.63) is 90.4 Å². The van der Waals surface area contributed by atoms with Crippen LogP contribution in [0.3, 0.4) is 0 Å². The van der Waals surface area contributed by atoms with E-state index >= 15 is 0 Å². The third-order valence-corrected chi connectivity index (χ3v) is 6.29. The quantitative estimate of drug-likeness (QED) is 0.283.